The molecule has 17 heavy (non-hydrogen) atoms. The van der Waals surface area contributed by atoms with Gasteiger partial charge in [-0.05, 0) is 24.6 Å². The molecule has 0 atom stereocenters. The summed E-state index contributed by atoms with van der Waals surface area (Å²) in [5.74, 6) is 0.624. The van der Waals surface area contributed by atoms with Gasteiger partial charge in [-0.25, -0.2) is 4.79 Å². The monoisotopic (exact) mass is 259 g/mol. The summed E-state index contributed by atoms with van der Waals surface area (Å²) >= 11 is 5.98. The van der Waals surface area contributed by atoms with Crippen LogP contribution in [0.1, 0.15) is 12.5 Å². The molecule has 0 saturated heterocycles. The van der Waals surface area contributed by atoms with Gasteiger partial charge < -0.3 is 9.47 Å². The third-order valence-corrected chi connectivity index (χ3v) is 2.17. The molecule has 0 aliphatic heterocycles. The van der Waals surface area contributed by atoms with Crippen molar-refractivity contribution in [2.24, 2.45) is 0 Å². The maximum absolute atomic E-state index is 10.7. The molecule has 1 N–H and O–H groups in total. The van der Waals surface area contributed by atoms with E-state index < -0.39 is 6.09 Å². The topological polar surface area (TPSA) is 56.8 Å². The van der Waals surface area contributed by atoms with Gasteiger partial charge in [-0.15, -0.1) is 0 Å². The lowest BCUT2D eigenvalue weighted by atomic mass is 10.2. The fraction of sp³-hybridized carbons (Fsp3) is 0.364. The molecule has 0 spiro atoms. The first-order chi connectivity index (χ1) is 8.17. The third-order valence-electron chi connectivity index (χ3n) is 1.88. The van der Waals surface area contributed by atoms with Crippen LogP contribution in [0.15, 0.2) is 18.2 Å². The Bertz CT molecular complexity index is 384. The molecule has 1 rings (SSSR count). The second-order valence-electron chi connectivity index (χ2n) is 3.08. The van der Waals surface area contributed by atoms with Gasteiger partial charge in [-0.1, -0.05) is 17.7 Å². The largest absolute Gasteiger partial charge is 0.492 e. The van der Waals surface area contributed by atoms with Gasteiger partial charge in [0, 0.05) is 0 Å². The average Bonchev–Trinajstić information content (AvgIpc) is 2.32. The fourth-order valence-electron chi connectivity index (χ4n) is 1.13. The summed E-state index contributed by atoms with van der Waals surface area (Å²) in [5, 5.41) is 0.506. The molecule has 6 heteroatoms. The molecule has 1 aromatic carbocycles. The van der Waals surface area contributed by atoms with E-state index in [0.29, 0.717) is 17.4 Å². The van der Waals surface area contributed by atoms with Gasteiger partial charge in [0.05, 0.1) is 25.3 Å². The average molecular weight is 260 g/mol. The summed E-state index contributed by atoms with van der Waals surface area (Å²) < 4.78 is 9.63. The van der Waals surface area contributed by atoms with Gasteiger partial charge in [0.25, 0.3) is 0 Å². The minimum atomic E-state index is -0.651. The van der Waals surface area contributed by atoms with Gasteiger partial charge >= 0.3 is 6.09 Å². The maximum Gasteiger partial charge on any atom is 0.431 e. The van der Waals surface area contributed by atoms with Crippen LogP contribution in [-0.4, -0.2) is 19.8 Å². The molecule has 0 saturated carbocycles. The maximum atomic E-state index is 10.7. The molecule has 1 aromatic rings. The standard InChI is InChI=1S/C11H14ClNO4/c1-3-16-10-5-4-8(6-9(10)12)7-17-13-11(14)15-2/h4-6H,3,7H2,1-2H3,(H,13,14). The van der Waals surface area contributed by atoms with Crippen LogP contribution >= 0.6 is 11.6 Å². The Morgan fingerprint density at radius 3 is 2.82 bits per heavy atom. The first-order valence-electron chi connectivity index (χ1n) is 5.04. The van der Waals surface area contributed by atoms with Crippen molar-refractivity contribution >= 4 is 17.7 Å². The van der Waals surface area contributed by atoms with Crippen LogP contribution < -0.4 is 10.2 Å². The van der Waals surface area contributed by atoms with Crippen molar-refractivity contribution in [3.05, 3.63) is 28.8 Å². The van der Waals surface area contributed by atoms with Crippen molar-refractivity contribution < 1.29 is 19.1 Å². The second-order valence-corrected chi connectivity index (χ2v) is 3.49. The molecule has 0 aromatic heterocycles. The van der Waals surface area contributed by atoms with E-state index in [-0.39, 0.29) is 6.61 Å². The molecule has 0 unspecified atom stereocenters. The minimum absolute atomic E-state index is 0.196. The molecule has 1 amide bonds. The number of hydrogen-bond donors (Lipinski definition) is 1. The van der Waals surface area contributed by atoms with Crippen molar-refractivity contribution in [1.29, 1.82) is 0 Å². The third kappa shape index (κ3) is 4.50. The van der Waals surface area contributed by atoms with Crippen molar-refractivity contribution in [2.45, 2.75) is 13.5 Å². The van der Waals surface area contributed by atoms with E-state index in [1.54, 1.807) is 18.2 Å². The number of nitrogens with one attached hydrogen (secondary N) is 1. The number of hydroxylamine groups is 1. The first kappa shape index (κ1) is 13.6. The fourth-order valence-corrected chi connectivity index (χ4v) is 1.38. The highest BCUT2D eigenvalue weighted by atomic mass is 35.5. The number of hydrogen-bond acceptors (Lipinski definition) is 4. The van der Waals surface area contributed by atoms with Crippen LogP contribution in [0.25, 0.3) is 0 Å². The van der Waals surface area contributed by atoms with Crippen LogP contribution in [0.5, 0.6) is 5.75 Å². The SMILES string of the molecule is CCOc1ccc(CONC(=O)OC)cc1Cl. The van der Waals surface area contributed by atoms with Crippen LogP contribution in [0, 0.1) is 0 Å². The van der Waals surface area contributed by atoms with Gasteiger partial charge in [0.15, 0.2) is 0 Å². The highest BCUT2D eigenvalue weighted by Crippen LogP contribution is 2.25. The lowest BCUT2D eigenvalue weighted by Crippen LogP contribution is -2.23. The summed E-state index contributed by atoms with van der Waals surface area (Å²) in [5.41, 5.74) is 2.92. The van der Waals surface area contributed by atoms with Crippen LogP contribution in [-0.2, 0) is 16.2 Å². The van der Waals surface area contributed by atoms with Gasteiger partial charge in [0.2, 0.25) is 0 Å². The van der Waals surface area contributed by atoms with E-state index in [9.17, 15) is 4.79 Å². The molecular weight excluding hydrogens is 246 g/mol. The van der Waals surface area contributed by atoms with Crippen LogP contribution in [0.2, 0.25) is 5.02 Å². The van der Waals surface area contributed by atoms with Gasteiger partial charge in [-0.2, -0.15) is 5.48 Å². The highest BCUT2D eigenvalue weighted by Gasteiger charge is 2.04. The Hall–Kier alpha value is -1.46. The van der Waals surface area contributed by atoms with Crippen LogP contribution in [0.4, 0.5) is 4.79 Å². The summed E-state index contributed by atoms with van der Waals surface area (Å²) in [7, 11) is 1.26. The summed E-state index contributed by atoms with van der Waals surface area (Å²) in [6.45, 7) is 2.63. The summed E-state index contributed by atoms with van der Waals surface area (Å²) in [4.78, 5) is 15.6. The smallest absolute Gasteiger partial charge is 0.431 e. The first-order valence-corrected chi connectivity index (χ1v) is 5.42. The molecular formula is C11H14ClNO4. The van der Waals surface area contributed by atoms with Crippen LogP contribution in [0.3, 0.4) is 0 Å². The predicted molar refractivity (Wildman–Crippen MR) is 63.0 cm³/mol. The zero-order valence-electron chi connectivity index (χ0n) is 9.66. The lowest BCUT2D eigenvalue weighted by Gasteiger charge is -2.08. The molecule has 94 valence electrons. The Balaban J connectivity index is 2.50. The second kappa shape index (κ2) is 6.98. The van der Waals surface area contributed by atoms with E-state index in [2.05, 4.69) is 10.2 Å². The highest BCUT2D eigenvalue weighted by molar-refractivity contribution is 6.32. The zero-order chi connectivity index (χ0) is 12.7. The summed E-state index contributed by atoms with van der Waals surface area (Å²) in [6.07, 6.45) is -0.651. The van der Waals surface area contributed by atoms with E-state index in [1.165, 1.54) is 7.11 Å². The van der Waals surface area contributed by atoms with Crippen molar-refractivity contribution in [1.82, 2.24) is 5.48 Å². The number of amides is 1. The van der Waals surface area contributed by atoms with Gasteiger partial charge in [0.1, 0.15) is 5.75 Å². The van der Waals surface area contributed by atoms with Crippen molar-refractivity contribution in [3.63, 3.8) is 0 Å². The van der Waals surface area contributed by atoms with Gasteiger partial charge in [-0.3, -0.25) is 4.84 Å². The molecule has 0 aliphatic rings. The number of ether oxygens (including phenoxy) is 2. The molecule has 0 radical (unpaired) electrons. The number of halogens is 1. The Morgan fingerprint density at radius 2 is 2.24 bits per heavy atom. The summed E-state index contributed by atoms with van der Waals surface area (Å²) in [6, 6.07) is 5.27. The van der Waals surface area contributed by atoms with E-state index in [1.807, 2.05) is 6.92 Å². The van der Waals surface area contributed by atoms with Crippen molar-refractivity contribution in [3.8, 4) is 5.75 Å². The molecule has 0 fully saturated rings. The quantitative estimate of drug-likeness (QED) is 0.826. The molecule has 0 heterocycles. The Kier molecular flexibility index (Phi) is 5.59. The number of benzene rings is 1. The number of carbonyl (C=O) groups is 1. The Labute approximate surface area is 105 Å². The number of methoxy groups -OCH3 is 1. The lowest BCUT2D eigenvalue weighted by molar-refractivity contribution is 0.0250. The minimum Gasteiger partial charge on any atom is -0.492 e. The Morgan fingerprint density at radius 1 is 1.47 bits per heavy atom. The molecule has 0 aliphatic carbocycles. The molecule has 5 nitrogen and oxygen atoms in total. The van der Waals surface area contributed by atoms with E-state index >= 15 is 0 Å². The van der Waals surface area contributed by atoms with Crippen molar-refractivity contribution in [2.75, 3.05) is 13.7 Å². The predicted octanol–water partition coefficient (Wildman–Crippen LogP) is 2.53. The number of carbonyl (C=O) groups excluding carboxylic acids is 1. The van der Waals surface area contributed by atoms with E-state index in [4.69, 9.17) is 21.2 Å². The normalized spacial score (nSPS) is 9.82. The van der Waals surface area contributed by atoms with E-state index in [0.717, 1.165) is 5.56 Å². The molecule has 0 bridgehead atoms. The zero-order valence-corrected chi connectivity index (χ0v) is 10.4. The number of rotatable bonds is 5.